The summed E-state index contributed by atoms with van der Waals surface area (Å²) in [7, 11) is 0. The zero-order valence-electron chi connectivity index (χ0n) is 13.4. The molecule has 0 radical (unpaired) electrons. The van der Waals surface area contributed by atoms with Crippen LogP contribution >= 0.6 is 0 Å². The van der Waals surface area contributed by atoms with Crippen LogP contribution in [0.15, 0.2) is 42.7 Å². The highest BCUT2D eigenvalue weighted by Gasteiger charge is 2.05. The average Bonchev–Trinajstić information content (AvgIpc) is 2.98. The van der Waals surface area contributed by atoms with Crippen LogP contribution in [0.3, 0.4) is 0 Å². The highest BCUT2D eigenvalue weighted by molar-refractivity contribution is 5.94. The van der Waals surface area contributed by atoms with Crippen molar-refractivity contribution in [1.29, 1.82) is 5.26 Å². The van der Waals surface area contributed by atoms with E-state index in [0.29, 0.717) is 17.7 Å². The first kappa shape index (κ1) is 15.7. The average molecular weight is 319 g/mol. The molecular formula is C18H17N5O. The predicted octanol–water partition coefficient (Wildman–Crippen LogP) is 2.27. The lowest BCUT2D eigenvalue weighted by Crippen LogP contribution is -2.24. The number of carbonyl (C=O) groups is 1. The number of hydrogen-bond donors (Lipinski definition) is 1. The molecule has 0 bridgehead atoms. The topological polar surface area (TPSA) is 83.1 Å². The van der Waals surface area contributed by atoms with Crippen LogP contribution in [0.1, 0.15) is 33.6 Å². The molecule has 0 unspecified atom stereocenters. The molecule has 1 N–H and O–H groups in total. The Bertz CT molecular complexity index is 905. The lowest BCUT2D eigenvalue weighted by molar-refractivity contribution is 0.0953. The van der Waals surface area contributed by atoms with Crippen LogP contribution in [-0.4, -0.2) is 27.0 Å². The number of amides is 1. The number of carbonyl (C=O) groups excluding carboxylic acids is 1. The Morgan fingerprint density at radius 3 is 2.88 bits per heavy atom. The Kier molecular flexibility index (Phi) is 4.52. The third-order valence-corrected chi connectivity index (χ3v) is 3.69. The first-order chi connectivity index (χ1) is 11.7. The smallest absolute Gasteiger partial charge is 0.251 e. The van der Waals surface area contributed by atoms with Gasteiger partial charge < -0.3 is 5.32 Å². The second kappa shape index (κ2) is 6.92. The molecule has 2 heterocycles. The standard InChI is InChI=1S/C18H17N5O/c1-13-9-17-21-11-15(12-23(17)22-13)3-2-8-20-18(24)16-6-4-14(10-19)5-7-16/h4-7,9,11-12H,2-3,8H2,1H3,(H,20,24). The molecular weight excluding hydrogens is 302 g/mol. The minimum Gasteiger partial charge on any atom is -0.352 e. The molecule has 0 spiro atoms. The molecule has 0 aliphatic heterocycles. The lowest BCUT2D eigenvalue weighted by Gasteiger charge is -2.05. The monoisotopic (exact) mass is 319 g/mol. The third-order valence-electron chi connectivity index (χ3n) is 3.69. The molecule has 0 saturated heterocycles. The van der Waals surface area contributed by atoms with E-state index >= 15 is 0 Å². The number of nitrogens with one attached hydrogen (secondary N) is 1. The van der Waals surface area contributed by atoms with E-state index in [2.05, 4.69) is 15.4 Å². The number of aromatic nitrogens is 3. The van der Waals surface area contributed by atoms with Crippen molar-refractivity contribution < 1.29 is 4.79 Å². The van der Waals surface area contributed by atoms with E-state index < -0.39 is 0 Å². The molecule has 6 heteroatoms. The zero-order chi connectivity index (χ0) is 16.9. The Morgan fingerprint density at radius 1 is 1.33 bits per heavy atom. The molecule has 0 aliphatic carbocycles. The van der Waals surface area contributed by atoms with Crippen molar-refractivity contribution in [1.82, 2.24) is 19.9 Å². The number of hydrogen-bond acceptors (Lipinski definition) is 4. The second-order valence-electron chi connectivity index (χ2n) is 5.60. The van der Waals surface area contributed by atoms with Crippen molar-refractivity contribution in [3.63, 3.8) is 0 Å². The molecule has 24 heavy (non-hydrogen) atoms. The van der Waals surface area contributed by atoms with Crippen molar-refractivity contribution >= 4 is 11.6 Å². The van der Waals surface area contributed by atoms with Crippen molar-refractivity contribution in [2.24, 2.45) is 0 Å². The maximum atomic E-state index is 12.0. The van der Waals surface area contributed by atoms with Crippen molar-refractivity contribution in [2.75, 3.05) is 6.54 Å². The van der Waals surface area contributed by atoms with Crippen LogP contribution in [0.2, 0.25) is 0 Å². The summed E-state index contributed by atoms with van der Waals surface area (Å²) in [6.45, 7) is 2.52. The minimum atomic E-state index is -0.129. The van der Waals surface area contributed by atoms with Gasteiger partial charge in [0.05, 0.1) is 17.3 Å². The van der Waals surface area contributed by atoms with Gasteiger partial charge in [-0.05, 0) is 49.6 Å². The van der Waals surface area contributed by atoms with Crippen LogP contribution in [0.25, 0.3) is 5.65 Å². The van der Waals surface area contributed by atoms with Crippen LogP contribution in [-0.2, 0) is 6.42 Å². The molecule has 0 saturated carbocycles. The van der Waals surface area contributed by atoms with Crippen LogP contribution in [0.5, 0.6) is 0 Å². The molecule has 3 aromatic rings. The van der Waals surface area contributed by atoms with Gasteiger partial charge in [0.25, 0.3) is 5.91 Å². The maximum absolute atomic E-state index is 12.0. The highest BCUT2D eigenvalue weighted by Crippen LogP contribution is 2.07. The zero-order valence-corrected chi connectivity index (χ0v) is 13.4. The summed E-state index contributed by atoms with van der Waals surface area (Å²) < 4.78 is 1.78. The van der Waals surface area contributed by atoms with E-state index in [1.54, 1.807) is 28.8 Å². The molecule has 1 amide bonds. The van der Waals surface area contributed by atoms with Gasteiger partial charge in [0.15, 0.2) is 5.65 Å². The highest BCUT2D eigenvalue weighted by atomic mass is 16.1. The summed E-state index contributed by atoms with van der Waals surface area (Å²) in [5.41, 5.74) is 3.96. The van der Waals surface area contributed by atoms with Crippen molar-refractivity contribution in [3.8, 4) is 6.07 Å². The summed E-state index contributed by atoms with van der Waals surface area (Å²) in [5, 5.41) is 16.0. The lowest BCUT2D eigenvalue weighted by atomic mass is 10.1. The summed E-state index contributed by atoms with van der Waals surface area (Å²) in [5.74, 6) is -0.129. The van der Waals surface area contributed by atoms with Crippen molar-refractivity contribution in [2.45, 2.75) is 19.8 Å². The number of rotatable bonds is 5. The quantitative estimate of drug-likeness (QED) is 0.731. The first-order valence-corrected chi connectivity index (χ1v) is 7.75. The molecule has 6 nitrogen and oxygen atoms in total. The molecule has 3 rings (SSSR count). The molecule has 0 atom stereocenters. The van der Waals surface area contributed by atoms with Gasteiger partial charge in [0.1, 0.15) is 0 Å². The van der Waals surface area contributed by atoms with E-state index in [1.807, 2.05) is 31.5 Å². The number of benzene rings is 1. The van der Waals surface area contributed by atoms with E-state index in [1.165, 1.54) is 0 Å². The third kappa shape index (κ3) is 3.58. The van der Waals surface area contributed by atoms with Crippen molar-refractivity contribution in [3.05, 3.63) is 65.1 Å². The molecule has 1 aromatic carbocycles. The Balaban J connectivity index is 1.50. The molecule has 2 aromatic heterocycles. The first-order valence-electron chi connectivity index (χ1n) is 7.75. The number of aryl methyl sites for hydroxylation is 2. The van der Waals surface area contributed by atoms with E-state index in [0.717, 1.165) is 29.7 Å². The summed E-state index contributed by atoms with van der Waals surface area (Å²) in [6, 6.07) is 10.6. The largest absolute Gasteiger partial charge is 0.352 e. The van der Waals surface area contributed by atoms with Gasteiger partial charge in [-0.15, -0.1) is 0 Å². The second-order valence-corrected chi connectivity index (χ2v) is 5.60. The number of nitrogens with zero attached hydrogens (tertiary/aromatic N) is 4. The number of fused-ring (bicyclic) bond motifs is 1. The van der Waals surface area contributed by atoms with Crippen LogP contribution in [0, 0.1) is 18.3 Å². The van der Waals surface area contributed by atoms with Gasteiger partial charge in [-0.25, -0.2) is 9.50 Å². The SMILES string of the molecule is Cc1cc2ncc(CCCNC(=O)c3ccc(C#N)cc3)cn2n1. The fourth-order valence-corrected chi connectivity index (χ4v) is 2.46. The maximum Gasteiger partial charge on any atom is 0.251 e. The molecule has 0 aliphatic rings. The molecule has 120 valence electrons. The normalized spacial score (nSPS) is 10.5. The Labute approximate surface area is 139 Å². The van der Waals surface area contributed by atoms with Gasteiger partial charge in [-0.1, -0.05) is 0 Å². The van der Waals surface area contributed by atoms with Gasteiger partial charge in [-0.3, -0.25) is 4.79 Å². The Hall–Kier alpha value is -3.20. The minimum absolute atomic E-state index is 0.129. The van der Waals surface area contributed by atoms with Gasteiger partial charge in [0, 0.05) is 30.6 Å². The van der Waals surface area contributed by atoms with Crippen LogP contribution < -0.4 is 5.32 Å². The fourth-order valence-electron chi connectivity index (χ4n) is 2.46. The van der Waals surface area contributed by atoms with Crippen LogP contribution in [0.4, 0.5) is 0 Å². The Morgan fingerprint density at radius 2 is 2.12 bits per heavy atom. The van der Waals surface area contributed by atoms with Gasteiger partial charge >= 0.3 is 0 Å². The summed E-state index contributed by atoms with van der Waals surface area (Å²) in [6.07, 6.45) is 5.45. The fraction of sp³-hybridized carbons (Fsp3) is 0.222. The van der Waals surface area contributed by atoms with Gasteiger partial charge in [-0.2, -0.15) is 10.4 Å². The molecule has 0 fully saturated rings. The van der Waals surface area contributed by atoms with E-state index in [4.69, 9.17) is 5.26 Å². The van der Waals surface area contributed by atoms with E-state index in [9.17, 15) is 4.79 Å². The predicted molar refractivity (Wildman–Crippen MR) is 89.5 cm³/mol. The summed E-state index contributed by atoms with van der Waals surface area (Å²) in [4.78, 5) is 16.4. The number of nitriles is 1. The van der Waals surface area contributed by atoms with Gasteiger partial charge in [0.2, 0.25) is 0 Å². The van der Waals surface area contributed by atoms with E-state index in [-0.39, 0.29) is 5.91 Å². The summed E-state index contributed by atoms with van der Waals surface area (Å²) >= 11 is 0.